The number of nitrogens with zero attached hydrogens (tertiary/aromatic N) is 3. The highest BCUT2D eigenvalue weighted by Crippen LogP contribution is 2.24. The largest absolute Gasteiger partial charge is 0.338 e. The second kappa shape index (κ2) is 7.93. The molecule has 5 nitrogen and oxygen atoms in total. The van der Waals surface area contributed by atoms with Crippen LogP contribution in [-0.2, 0) is 6.42 Å². The standard InChI is InChI=1S/C18H20N4OS/c19-12-14-5-4-6-15(11-14)17-21-16(13-24-17)7-8-20-18(23)22-9-2-1-3-10-22/h4-6,11,13H,1-3,7-10H2,(H,20,23). The number of nitrogens with one attached hydrogen (secondary N) is 1. The van der Waals surface area contributed by atoms with Crippen molar-refractivity contribution in [1.82, 2.24) is 15.2 Å². The molecule has 124 valence electrons. The quantitative estimate of drug-likeness (QED) is 0.927. The fraction of sp³-hybridized carbons (Fsp3) is 0.389. The molecule has 6 heteroatoms. The summed E-state index contributed by atoms with van der Waals surface area (Å²) in [7, 11) is 0. The van der Waals surface area contributed by atoms with Crippen molar-refractivity contribution in [2.24, 2.45) is 0 Å². The van der Waals surface area contributed by atoms with E-state index in [1.54, 1.807) is 17.4 Å². The fourth-order valence-corrected chi connectivity index (χ4v) is 3.63. The molecule has 1 aliphatic rings. The summed E-state index contributed by atoms with van der Waals surface area (Å²) in [5.74, 6) is 0. The maximum absolute atomic E-state index is 12.1. The Balaban J connectivity index is 1.52. The number of benzene rings is 1. The van der Waals surface area contributed by atoms with E-state index in [2.05, 4.69) is 16.4 Å². The van der Waals surface area contributed by atoms with Crippen molar-refractivity contribution in [2.45, 2.75) is 25.7 Å². The second-order valence-electron chi connectivity index (χ2n) is 5.87. The minimum absolute atomic E-state index is 0.0341. The van der Waals surface area contributed by atoms with Crippen LogP contribution in [0, 0.1) is 11.3 Å². The average molecular weight is 340 g/mol. The SMILES string of the molecule is N#Cc1cccc(-c2nc(CCNC(=O)N3CCCCC3)cs2)c1. The molecule has 3 rings (SSSR count). The molecule has 1 aliphatic heterocycles. The molecule has 1 saturated heterocycles. The summed E-state index contributed by atoms with van der Waals surface area (Å²) in [5, 5.41) is 14.9. The van der Waals surface area contributed by atoms with Crippen LogP contribution in [-0.4, -0.2) is 35.5 Å². The smallest absolute Gasteiger partial charge is 0.317 e. The van der Waals surface area contributed by atoms with Gasteiger partial charge in [0.1, 0.15) is 5.01 Å². The van der Waals surface area contributed by atoms with Gasteiger partial charge in [0.25, 0.3) is 0 Å². The van der Waals surface area contributed by atoms with Crippen LogP contribution in [0.3, 0.4) is 0 Å². The van der Waals surface area contributed by atoms with Gasteiger partial charge in [-0.3, -0.25) is 0 Å². The van der Waals surface area contributed by atoms with E-state index >= 15 is 0 Å². The third-order valence-corrected chi connectivity index (χ3v) is 5.03. The molecule has 2 heterocycles. The molecule has 1 aromatic carbocycles. The van der Waals surface area contributed by atoms with Gasteiger partial charge in [0.15, 0.2) is 0 Å². The average Bonchev–Trinajstić information content (AvgIpc) is 3.11. The number of urea groups is 1. The highest BCUT2D eigenvalue weighted by molar-refractivity contribution is 7.13. The Morgan fingerprint density at radius 3 is 2.96 bits per heavy atom. The van der Waals surface area contributed by atoms with E-state index in [1.807, 2.05) is 28.5 Å². The first kappa shape index (κ1) is 16.5. The number of thiazole rings is 1. The first-order chi connectivity index (χ1) is 11.8. The van der Waals surface area contributed by atoms with Crippen molar-refractivity contribution < 1.29 is 4.79 Å². The number of amides is 2. The Morgan fingerprint density at radius 2 is 2.17 bits per heavy atom. The van der Waals surface area contributed by atoms with Crippen molar-refractivity contribution in [3.63, 3.8) is 0 Å². The summed E-state index contributed by atoms with van der Waals surface area (Å²) < 4.78 is 0. The molecule has 0 bridgehead atoms. The number of rotatable bonds is 4. The molecular weight excluding hydrogens is 320 g/mol. The Bertz CT molecular complexity index is 743. The maximum atomic E-state index is 12.1. The number of likely N-dealkylation sites (tertiary alicyclic amines) is 1. The molecule has 1 aromatic heterocycles. The summed E-state index contributed by atoms with van der Waals surface area (Å²) >= 11 is 1.57. The number of hydrogen-bond donors (Lipinski definition) is 1. The van der Waals surface area contributed by atoms with Gasteiger partial charge < -0.3 is 10.2 Å². The van der Waals surface area contributed by atoms with Crippen LogP contribution in [0.1, 0.15) is 30.5 Å². The van der Waals surface area contributed by atoms with Crippen LogP contribution in [0.2, 0.25) is 0 Å². The summed E-state index contributed by atoms with van der Waals surface area (Å²) in [6, 6.07) is 9.64. The van der Waals surface area contributed by atoms with Crippen LogP contribution in [0.15, 0.2) is 29.6 Å². The maximum Gasteiger partial charge on any atom is 0.317 e. The Hall–Kier alpha value is -2.39. The number of aromatic nitrogens is 1. The molecule has 0 aliphatic carbocycles. The molecule has 0 saturated carbocycles. The van der Waals surface area contributed by atoms with E-state index in [0.717, 1.165) is 42.2 Å². The van der Waals surface area contributed by atoms with Crippen LogP contribution in [0.5, 0.6) is 0 Å². The minimum Gasteiger partial charge on any atom is -0.338 e. The first-order valence-corrected chi connectivity index (χ1v) is 9.12. The van der Waals surface area contributed by atoms with Crippen molar-refractivity contribution in [2.75, 3.05) is 19.6 Å². The third kappa shape index (κ3) is 4.12. The third-order valence-electron chi connectivity index (χ3n) is 4.09. The van der Waals surface area contributed by atoms with Crippen molar-refractivity contribution >= 4 is 17.4 Å². The topological polar surface area (TPSA) is 69.0 Å². The van der Waals surface area contributed by atoms with Crippen molar-refractivity contribution in [3.05, 3.63) is 40.9 Å². The highest BCUT2D eigenvalue weighted by Gasteiger charge is 2.15. The molecular formula is C18H20N4OS. The number of nitriles is 1. The lowest BCUT2D eigenvalue weighted by Crippen LogP contribution is -2.43. The van der Waals surface area contributed by atoms with Gasteiger partial charge in [-0.05, 0) is 31.4 Å². The van der Waals surface area contributed by atoms with Crippen LogP contribution in [0.25, 0.3) is 10.6 Å². The molecule has 1 N–H and O–H groups in total. The lowest BCUT2D eigenvalue weighted by Gasteiger charge is -2.26. The zero-order valence-corrected chi connectivity index (χ0v) is 14.3. The zero-order chi connectivity index (χ0) is 16.8. The number of piperidine rings is 1. The molecule has 0 radical (unpaired) electrons. The van der Waals surface area contributed by atoms with Gasteiger partial charge in [0.05, 0.1) is 17.3 Å². The number of carbonyl (C=O) groups excluding carboxylic acids is 1. The molecule has 2 aromatic rings. The van der Waals surface area contributed by atoms with Gasteiger partial charge in [-0.25, -0.2) is 9.78 Å². The molecule has 0 atom stereocenters. The Morgan fingerprint density at radius 1 is 1.33 bits per heavy atom. The van der Waals surface area contributed by atoms with Gasteiger partial charge in [-0.1, -0.05) is 12.1 Å². The fourth-order valence-electron chi connectivity index (χ4n) is 2.78. The van der Waals surface area contributed by atoms with Crippen molar-refractivity contribution in [3.8, 4) is 16.6 Å². The van der Waals surface area contributed by atoms with E-state index in [-0.39, 0.29) is 6.03 Å². The molecule has 2 amide bonds. The monoisotopic (exact) mass is 340 g/mol. The van der Waals surface area contributed by atoms with Crippen LogP contribution < -0.4 is 5.32 Å². The summed E-state index contributed by atoms with van der Waals surface area (Å²) in [6.07, 6.45) is 4.14. The van der Waals surface area contributed by atoms with E-state index in [1.165, 1.54) is 6.42 Å². The van der Waals surface area contributed by atoms with E-state index in [9.17, 15) is 4.79 Å². The Kier molecular flexibility index (Phi) is 5.44. The summed E-state index contributed by atoms with van der Waals surface area (Å²) in [5.41, 5.74) is 2.57. The highest BCUT2D eigenvalue weighted by atomic mass is 32.1. The van der Waals surface area contributed by atoms with E-state index in [4.69, 9.17) is 5.26 Å². The van der Waals surface area contributed by atoms with Gasteiger partial charge in [-0.2, -0.15) is 5.26 Å². The lowest BCUT2D eigenvalue weighted by molar-refractivity contribution is 0.186. The lowest BCUT2D eigenvalue weighted by atomic mass is 10.1. The molecule has 0 unspecified atom stereocenters. The van der Waals surface area contributed by atoms with Crippen molar-refractivity contribution in [1.29, 1.82) is 5.26 Å². The predicted molar refractivity (Wildman–Crippen MR) is 94.8 cm³/mol. The van der Waals surface area contributed by atoms with E-state index in [0.29, 0.717) is 18.5 Å². The zero-order valence-electron chi connectivity index (χ0n) is 13.5. The first-order valence-electron chi connectivity index (χ1n) is 8.24. The van der Waals surface area contributed by atoms with E-state index < -0.39 is 0 Å². The summed E-state index contributed by atoms with van der Waals surface area (Å²) in [6.45, 7) is 2.32. The van der Waals surface area contributed by atoms with Crippen LogP contribution in [0.4, 0.5) is 4.79 Å². The van der Waals surface area contributed by atoms with Gasteiger partial charge in [0.2, 0.25) is 0 Å². The van der Waals surface area contributed by atoms with Gasteiger partial charge in [-0.15, -0.1) is 11.3 Å². The van der Waals surface area contributed by atoms with Gasteiger partial charge >= 0.3 is 6.03 Å². The number of carbonyl (C=O) groups is 1. The summed E-state index contributed by atoms with van der Waals surface area (Å²) in [4.78, 5) is 18.6. The van der Waals surface area contributed by atoms with Crippen LogP contribution >= 0.6 is 11.3 Å². The second-order valence-corrected chi connectivity index (χ2v) is 6.72. The predicted octanol–water partition coefficient (Wildman–Crippen LogP) is 3.42. The molecule has 1 fully saturated rings. The molecule has 0 spiro atoms. The molecule has 24 heavy (non-hydrogen) atoms. The minimum atomic E-state index is 0.0341. The van der Waals surface area contributed by atoms with Gasteiger partial charge in [0, 0.05) is 37.0 Å². The normalized spacial score (nSPS) is 14.2. The Labute approximate surface area is 145 Å². The number of hydrogen-bond acceptors (Lipinski definition) is 4.